The number of H-pyrrole nitrogens is 1. The van der Waals surface area contributed by atoms with E-state index in [1.807, 2.05) is 30.3 Å². The Balaban J connectivity index is 1.46. The van der Waals surface area contributed by atoms with Crippen LogP contribution in [0.2, 0.25) is 5.28 Å². The molecule has 0 spiro atoms. The molecule has 0 aliphatic heterocycles. The highest BCUT2D eigenvalue weighted by atomic mass is 35.5. The summed E-state index contributed by atoms with van der Waals surface area (Å²) in [6.45, 7) is 0.217. The van der Waals surface area contributed by atoms with E-state index in [2.05, 4.69) is 20.1 Å². The molecule has 0 aliphatic rings. The maximum Gasteiger partial charge on any atom is 0.332 e. The van der Waals surface area contributed by atoms with Crippen molar-refractivity contribution in [2.75, 3.05) is 0 Å². The lowest BCUT2D eigenvalue weighted by atomic mass is 10.1. The topological polar surface area (TPSA) is 112 Å². The molecule has 1 aromatic carbocycles. The molecule has 4 rings (SSSR count). The fourth-order valence-electron chi connectivity index (χ4n) is 3.05. The van der Waals surface area contributed by atoms with Crippen molar-refractivity contribution in [1.82, 2.24) is 29.2 Å². The second-order valence-corrected chi connectivity index (χ2v) is 6.75. The van der Waals surface area contributed by atoms with E-state index in [-0.39, 0.29) is 23.0 Å². The summed E-state index contributed by atoms with van der Waals surface area (Å²) in [6.07, 6.45) is 1.54. The highest BCUT2D eigenvalue weighted by molar-refractivity contribution is 6.28. The van der Waals surface area contributed by atoms with Gasteiger partial charge in [0, 0.05) is 26.4 Å². The molecule has 0 fully saturated rings. The molecule has 9 nitrogen and oxygen atoms in total. The van der Waals surface area contributed by atoms with Crippen LogP contribution in [0.3, 0.4) is 0 Å². The average molecular weight is 401 g/mol. The summed E-state index contributed by atoms with van der Waals surface area (Å²) in [6, 6.07) is 9.86. The van der Waals surface area contributed by atoms with E-state index in [4.69, 9.17) is 16.1 Å². The summed E-state index contributed by atoms with van der Waals surface area (Å²) >= 11 is 5.82. The molecule has 0 radical (unpaired) electrons. The molecular formula is C18H17ClN6O3. The van der Waals surface area contributed by atoms with E-state index < -0.39 is 11.2 Å². The summed E-state index contributed by atoms with van der Waals surface area (Å²) in [4.78, 5) is 36.0. The first-order chi connectivity index (χ1) is 13.5. The predicted octanol–water partition coefficient (Wildman–Crippen LogP) is 1.68. The third-order valence-corrected chi connectivity index (χ3v) is 4.62. The summed E-state index contributed by atoms with van der Waals surface area (Å²) < 4.78 is 7.71. The quantitative estimate of drug-likeness (QED) is 0.493. The number of aromatic nitrogens is 6. The largest absolute Gasteiger partial charge is 0.339 e. The molecule has 0 unspecified atom stereocenters. The third kappa shape index (κ3) is 3.48. The van der Waals surface area contributed by atoms with Crippen LogP contribution in [0.1, 0.15) is 23.7 Å². The van der Waals surface area contributed by atoms with E-state index in [1.165, 1.54) is 4.57 Å². The molecule has 0 saturated heterocycles. The third-order valence-electron chi connectivity index (χ3n) is 4.44. The molecule has 0 saturated carbocycles. The molecule has 3 aromatic heterocycles. The second-order valence-electron chi connectivity index (χ2n) is 6.39. The van der Waals surface area contributed by atoms with Gasteiger partial charge in [-0.05, 0) is 23.6 Å². The summed E-state index contributed by atoms with van der Waals surface area (Å²) in [5.74, 6) is 1.07. The van der Waals surface area contributed by atoms with E-state index in [1.54, 1.807) is 7.05 Å². The lowest BCUT2D eigenvalue weighted by Gasteiger charge is -2.06. The van der Waals surface area contributed by atoms with Crippen LogP contribution in [0.25, 0.3) is 11.2 Å². The lowest BCUT2D eigenvalue weighted by molar-refractivity contribution is 0.367. The van der Waals surface area contributed by atoms with E-state index in [0.29, 0.717) is 31.0 Å². The number of hydrogen-bond donors (Lipinski definition) is 1. The van der Waals surface area contributed by atoms with Crippen molar-refractivity contribution in [1.29, 1.82) is 0 Å². The smallest absolute Gasteiger partial charge is 0.332 e. The van der Waals surface area contributed by atoms with Gasteiger partial charge in [0.1, 0.15) is 0 Å². The Bertz CT molecular complexity index is 1240. The Morgan fingerprint density at radius 2 is 1.96 bits per heavy atom. The Labute approximate surface area is 163 Å². The van der Waals surface area contributed by atoms with Crippen molar-refractivity contribution in [2.24, 2.45) is 7.05 Å². The number of rotatable bonds is 6. The highest BCUT2D eigenvalue weighted by Crippen LogP contribution is 2.10. The number of aryl methyl sites for hydroxylation is 2. The van der Waals surface area contributed by atoms with Gasteiger partial charge in [-0.25, -0.2) is 4.79 Å². The zero-order valence-electron chi connectivity index (χ0n) is 15.1. The molecule has 28 heavy (non-hydrogen) atoms. The second kappa shape index (κ2) is 7.43. The molecular weight excluding hydrogens is 384 g/mol. The van der Waals surface area contributed by atoms with E-state index in [0.717, 1.165) is 10.1 Å². The first kappa shape index (κ1) is 18.2. The number of nitrogens with one attached hydrogen (secondary N) is 1. The van der Waals surface area contributed by atoms with Crippen LogP contribution in [-0.4, -0.2) is 29.2 Å². The monoisotopic (exact) mass is 400 g/mol. The standard InChI is InChI=1S/C18H17ClN6O3/c1-24-15-14(21-17(19)22-15)16(26)25(18(24)27)9-5-8-13-20-12(23-28-13)10-11-6-3-2-4-7-11/h2-4,6-7H,5,8-10H2,1H3,(H,21,22). The maximum absolute atomic E-state index is 12.5. The predicted molar refractivity (Wildman–Crippen MR) is 102 cm³/mol. The molecule has 0 aliphatic carbocycles. The van der Waals surface area contributed by atoms with Gasteiger partial charge in [-0.3, -0.25) is 13.9 Å². The van der Waals surface area contributed by atoms with Crippen molar-refractivity contribution in [3.05, 3.63) is 73.7 Å². The van der Waals surface area contributed by atoms with Crippen molar-refractivity contribution < 1.29 is 4.52 Å². The van der Waals surface area contributed by atoms with Gasteiger partial charge in [0.05, 0.1) is 0 Å². The molecule has 3 heterocycles. The number of nitrogens with zero attached hydrogens (tertiary/aromatic N) is 5. The normalized spacial score (nSPS) is 11.4. The van der Waals surface area contributed by atoms with Crippen LogP contribution in [0, 0.1) is 0 Å². The fourth-order valence-corrected chi connectivity index (χ4v) is 3.22. The molecule has 144 valence electrons. The first-order valence-corrected chi connectivity index (χ1v) is 9.11. The number of aromatic amines is 1. The number of halogens is 1. The highest BCUT2D eigenvalue weighted by Gasteiger charge is 2.15. The van der Waals surface area contributed by atoms with E-state index in [9.17, 15) is 9.59 Å². The van der Waals surface area contributed by atoms with Crippen molar-refractivity contribution in [2.45, 2.75) is 25.8 Å². The van der Waals surface area contributed by atoms with Crippen molar-refractivity contribution >= 4 is 22.8 Å². The van der Waals surface area contributed by atoms with Gasteiger partial charge < -0.3 is 9.51 Å². The summed E-state index contributed by atoms with van der Waals surface area (Å²) in [5.41, 5.74) is 0.633. The minimum Gasteiger partial charge on any atom is -0.339 e. The Kier molecular flexibility index (Phi) is 4.82. The van der Waals surface area contributed by atoms with Crippen LogP contribution in [0.4, 0.5) is 0 Å². The maximum atomic E-state index is 12.5. The number of benzene rings is 1. The zero-order valence-corrected chi connectivity index (χ0v) is 15.8. The molecule has 0 amide bonds. The van der Waals surface area contributed by atoms with Crippen molar-refractivity contribution in [3.63, 3.8) is 0 Å². The number of fused-ring (bicyclic) bond motifs is 1. The van der Waals surface area contributed by atoms with Gasteiger partial charge >= 0.3 is 5.69 Å². The molecule has 0 atom stereocenters. The minimum atomic E-state index is -0.451. The Morgan fingerprint density at radius 3 is 2.75 bits per heavy atom. The van der Waals surface area contributed by atoms with Crippen LogP contribution in [-0.2, 0) is 26.4 Å². The Morgan fingerprint density at radius 1 is 1.18 bits per heavy atom. The van der Waals surface area contributed by atoms with Crippen LogP contribution >= 0.6 is 11.6 Å². The zero-order chi connectivity index (χ0) is 19.7. The minimum absolute atomic E-state index is 0.0663. The lowest BCUT2D eigenvalue weighted by Crippen LogP contribution is -2.39. The van der Waals surface area contributed by atoms with Gasteiger partial charge in [0.15, 0.2) is 17.0 Å². The fraction of sp³-hybridized carbons (Fsp3) is 0.278. The Hall–Kier alpha value is -3.20. The van der Waals surface area contributed by atoms with Gasteiger partial charge in [-0.1, -0.05) is 35.5 Å². The average Bonchev–Trinajstić information content (AvgIpc) is 3.30. The van der Waals surface area contributed by atoms with Gasteiger partial charge in [0.2, 0.25) is 11.2 Å². The van der Waals surface area contributed by atoms with Gasteiger partial charge in [-0.15, -0.1) is 0 Å². The molecule has 0 bridgehead atoms. The van der Waals surface area contributed by atoms with Gasteiger partial charge in [0.25, 0.3) is 5.56 Å². The summed E-state index contributed by atoms with van der Waals surface area (Å²) in [5, 5.41) is 4.05. The molecule has 10 heteroatoms. The van der Waals surface area contributed by atoms with Crippen LogP contribution in [0.5, 0.6) is 0 Å². The number of hydrogen-bond acceptors (Lipinski definition) is 6. The molecule has 4 aromatic rings. The van der Waals surface area contributed by atoms with Crippen molar-refractivity contribution in [3.8, 4) is 0 Å². The van der Waals surface area contributed by atoms with Crippen LogP contribution in [0.15, 0.2) is 44.4 Å². The first-order valence-electron chi connectivity index (χ1n) is 8.73. The molecule has 1 N–H and O–H groups in total. The van der Waals surface area contributed by atoms with E-state index >= 15 is 0 Å². The summed E-state index contributed by atoms with van der Waals surface area (Å²) in [7, 11) is 1.55. The number of imidazole rings is 1. The SMILES string of the molecule is Cn1c(=O)n(CCCc2nc(Cc3ccccc3)no2)c(=O)c2[nH]c(Cl)nc21. The van der Waals surface area contributed by atoms with Crippen LogP contribution < -0.4 is 11.2 Å². The van der Waals surface area contributed by atoms with Gasteiger partial charge in [-0.2, -0.15) is 9.97 Å².